The summed E-state index contributed by atoms with van der Waals surface area (Å²) < 4.78 is 22.3. The van der Waals surface area contributed by atoms with Crippen molar-refractivity contribution in [1.29, 1.82) is 0 Å². The summed E-state index contributed by atoms with van der Waals surface area (Å²) in [4.78, 5) is 25.1. The molecule has 1 aromatic heterocycles. The van der Waals surface area contributed by atoms with E-state index < -0.39 is 27.8 Å². The van der Waals surface area contributed by atoms with Crippen molar-refractivity contribution in [1.82, 2.24) is 5.32 Å². The molecule has 0 bridgehead atoms. The Morgan fingerprint density at radius 3 is 2.64 bits per heavy atom. The summed E-state index contributed by atoms with van der Waals surface area (Å²) in [5.74, 6) is -1.94. The van der Waals surface area contributed by atoms with Crippen molar-refractivity contribution in [3.05, 3.63) is 21.4 Å². The van der Waals surface area contributed by atoms with Crippen molar-refractivity contribution >= 4 is 33.1 Å². The maximum Gasteiger partial charge on any atom is 0.326 e. The fraction of sp³-hybridized carbons (Fsp3) is 0.571. The number of carbonyl (C=O) groups is 2. The fourth-order valence-electron chi connectivity index (χ4n) is 2.42. The highest BCUT2D eigenvalue weighted by Crippen LogP contribution is 2.29. The molecule has 1 aliphatic rings. The van der Waals surface area contributed by atoms with Crippen LogP contribution in [0.1, 0.15) is 39.4 Å². The lowest BCUT2D eigenvalue weighted by Crippen LogP contribution is -2.41. The van der Waals surface area contributed by atoms with E-state index in [9.17, 15) is 18.0 Å². The zero-order valence-electron chi connectivity index (χ0n) is 12.3. The van der Waals surface area contributed by atoms with Gasteiger partial charge in [-0.15, -0.1) is 11.3 Å². The van der Waals surface area contributed by atoms with Gasteiger partial charge in [-0.1, -0.05) is 0 Å². The van der Waals surface area contributed by atoms with Crippen molar-refractivity contribution in [3.63, 3.8) is 0 Å². The molecule has 0 spiro atoms. The standard InChI is InChI=1S/C14H19NO5S2/c1-22(19,20)7-6-10(14(17)18)15-13(16)12-8-9-4-2-3-5-11(9)21-12/h8,10H,2-7H2,1H3,(H,15,16)(H,17,18). The molecule has 0 aliphatic heterocycles. The Bertz CT molecular complexity index is 654. The average molecular weight is 345 g/mol. The smallest absolute Gasteiger partial charge is 0.326 e. The molecule has 8 heteroatoms. The molecule has 0 saturated carbocycles. The molecule has 0 aromatic carbocycles. The average Bonchev–Trinajstić information content (AvgIpc) is 2.85. The van der Waals surface area contributed by atoms with Gasteiger partial charge in [0.05, 0.1) is 10.6 Å². The first-order valence-corrected chi connectivity index (χ1v) is 9.97. The molecular formula is C14H19NO5S2. The van der Waals surface area contributed by atoms with Gasteiger partial charge < -0.3 is 10.4 Å². The molecule has 6 nitrogen and oxygen atoms in total. The third kappa shape index (κ3) is 4.54. The second kappa shape index (κ2) is 6.78. The van der Waals surface area contributed by atoms with Gasteiger partial charge in [0.25, 0.3) is 5.91 Å². The summed E-state index contributed by atoms with van der Waals surface area (Å²) >= 11 is 1.40. The summed E-state index contributed by atoms with van der Waals surface area (Å²) in [6.45, 7) is 0. The number of fused-ring (bicyclic) bond motifs is 1. The van der Waals surface area contributed by atoms with Gasteiger partial charge in [-0.2, -0.15) is 0 Å². The number of carboxylic acids is 1. The molecule has 22 heavy (non-hydrogen) atoms. The maximum atomic E-state index is 12.2. The number of hydrogen-bond acceptors (Lipinski definition) is 5. The first-order valence-electron chi connectivity index (χ1n) is 7.09. The second-order valence-corrected chi connectivity index (χ2v) is 8.95. The minimum absolute atomic E-state index is 0.134. The lowest BCUT2D eigenvalue weighted by molar-refractivity contribution is -0.139. The lowest BCUT2D eigenvalue weighted by Gasteiger charge is -2.13. The van der Waals surface area contributed by atoms with Crippen LogP contribution in [0.4, 0.5) is 0 Å². The number of sulfone groups is 1. The van der Waals surface area contributed by atoms with Gasteiger partial charge in [-0.3, -0.25) is 4.79 Å². The van der Waals surface area contributed by atoms with Crippen molar-refractivity contribution < 1.29 is 23.1 Å². The Kier molecular flexibility index (Phi) is 5.23. The van der Waals surface area contributed by atoms with Gasteiger partial charge in [0.15, 0.2) is 0 Å². The van der Waals surface area contributed by atoms with Crippen LogP contribution in [-0.2, 0) is 27.5 Å². The molecule has 1 unspecified atom stereocenters. The Balaban J connectivity index is 2.04. The molecule has 0 radical (unpaired) electrons. The molecule has 2 N–H and O–H groups in total. The van der Waals surface area contributed by atoms with E-state index in [4.69, 9.17) is 5.11 Å². The van der Waals surface area contributed by atoms with Crippen molar-refractivity contribution in [3.8, 4) is 0 Å². The highest BCUT2D eigenvalue weighted by molar-refractivity contribution is 7.90. The molecule has 1 heterocycles. The minimum atomic E-state index is -3.27. The van der Waals surface area contributed by atoms with E-state index in [2.05, 4.69) is 5.32 Å². The van der Waals surface area contributed by atoms with Gasteiger partial charge in [0.2, 0.25) is 0 Å². The van der Waals surface area contributed by atoms with Crippen LogP contribution in [0, 0.1) is 0 Å². The predicted molar refractivity (Wildman–Crippen MR) is 84.2 cm³/mol. The highest BCUT2D eigenvalue weighted by atomic mass is 32.2. The monoisotopic (exact) mass is 345 g/mol. The maximum absolute atomic E-state index is 12.2. The largest absolute Gasteiger partial charge is 0.480 e. The molecule has 2 rings (SSSR count). The van der Waals surface area contributed by atoms with Gasteiger partial charge in [0.1, 0.15) is 15.9 Å². The Hall–Kier alpha value is -1.41. The van der Waals surface area contributed by atoms with Crippen molar-refractivity contribution in [2.45, 2.75) is 38.1 Å². The normalized spacial score (nSPS) is 15.9. The van der Waals surface area contributed by atoms with Crippen LogP contribution >= 0.6 is 11.3 Å². The van der Waals surface area contributed by atoms with E-state index in [0.29, 0.717) is 4.88 Å². The Morgan fingerprint density at radius 1 is 1.36 bits per heavy atom. The van der Waals surface area contributed by atoms with Crippen LogP contribution in [0.15, 0.2) is 6.07 Å². The number of carboxylic acid groups (broad SMARTS) is 1. The molecule has 1 amide bonds. The Morgan fingerprint density at radius 2 is 2.05 bits per heavy atom. The van der Waals surface area contributed by atoms with Gasteiger partial charge >= 0.3 is 5.97 Å². The van der Waals surface area contributed by atoms with E-state index in [1.165, 1.54) is 21.8 Å². The SMILES string of the molecule is CS(=O)(=O)CCC(NC(=O)c1cc2c(s1)CCCC2)C(=O)O. The van der Waals surface area contributed by atoms with E-state index in [0.717, 1.165) is 31.9 Å². The molecule has 1 atom stereocenters. The number of carbonyl (C=O) groups excluding carboxylic acids is 1. The highest BCUT2D eigenvalue weighted by Gasteiger charge is 2.24. The summed E-state index contributed by atoms with van der Waals surface area (Å²) in [5, 5.41) is 11.5. The molecule has 1 aliphatic carbocycles. The van der Waals surface area contributed by atoms with Crippen molar-refractivity contribution in [2.24, 2.45) is 0 Å². The topological polar surface area (TPSA) is 101 Å². The van der Waals surface area contributed by atoms with E-state index in [-0.39, 0.29) is 12.2 Å². The van der Waals surface area contributed by atoms with E-state index in [1.54, 1.807) is 0 Å². The van der Waals surface area contributed by atoms with E-state index in [1.807, 2.05) is 6.07 Å². The number of thiophene rings is 1. The van der Waals surface area contributed by atoms with Crippen LogP contribution in [0.25, 0.3) is 0 Å². The second-order valence-electron chi connectivity index (χ2n) is 5.55. The number of rotatable bonds is 6. The van der Waals surface area contributed by atoms with Crippen LogP contribution in [0.2, 0.25) is 0 Å². The third-order valence-electron chi connectivity index (χ3n) is 3.60. The van der Waals surface area contributed by atoms with Crippen LogP contribution in [0.3, 0.4) is 0 Å². The summed E-state index contributed by atoms with van der Waals surface area (Å²) in [7, 11) is -3.27. The summed E-state index contributed by atoms with van der Waals surface area (Å²) in [5.41, 5.74) is 1.17. The van der Waals surface area contributed by atoms with Crippen LogP contribution in [-0.4, -0.2) is 43.5 Å². The van der Waals surface area contributed by atoms with Gasteiger partial charge in [-0.25, -0.2) is 13.2 Å². The van der Waals surface area contributed by atoms with Gasteiger partial charge in [0, 0.05) is 11.1 Å². The van der Waals surface area contributed by atoms with Crippen molar-refractivity contribution in [2.75, 3.05) is 12.0 Å². The Labute approximate surface area is 133 Å². The van der Waals surface area contributed by atoms with E-state index >= 15 is 0 Å². The fourth-order valence-corrected chi connectivity index (χ4v) is 4.24. The third-order valence-corrected chi connectivity index (χ3v) is 5.81. The molecule has 0 fully saturated rings. The lowest BCUT2D eigenvalue weighted by atomic mass is 9.99. The number of amides is 1. The molecular weight excluding hydrogens is 326 g/mol. The minimum Gasteiger partial charge on any atom is -0.480 e. The number of aryl methyl sites for hydroxylation is 2. The zero-order chi connectivity index (χ0) is 16.3. The van der Waals surface area contributed by atoms with Crippen LogP contribution in [0.5, 0.6) is 0 Å². The van der Waals surface area contributed by atoms with Crippen LogP contribution < -0.4 is 5.32 Å². The molecule has 1 aromatic rings. The molecule has 0 saturated heterocycles. The summed E-state index contributed by atoms with van der Waals surface area (Å²) in [6, 6.07) is 0.630. The molecule has 122 valence electrons. The van der Waals surface area contributed by atoms with Gasteiger partial charge in [-0.05, 0) is 43.7 Å². The predicted octanol–water partition coefficient (Wildman–Crippen LogP) is 1.24. The number of aliphatic carboxylic acids is 1. The quantitative estimate of drug-likeness (QED) is 0.808. The first kappa shape index (κ1) is 17.0. The number of nitrogens with one attached hydrogen (secondary N) is 1. The first-order chi connectivity index (χ1) is 10.3. The number of hydrogen-bond donors (Lipinski definition) is 2. The zero-order valence-corrected chi connectivity index (χ0v) is 13.9. The summed E-state index contributed by atoms with van der Waals surface area (Å²) in [6.07, 6.45) is 5.04.